The summed E-state index contributed by atoms with van der Waals surface area (Å²) in [5.41, 5.74) is 3.38. The van der Waals surface area contributed by atoms with Crippen LogP contribution in [0.3, 0.4) is 0 Å². The van der Waals surface area contributed by atoms with E-state index in [1.807, 2.05) is 19.1 Å². The van der Waals surface area contributed by atoms with Crippen LogP contribution in [0.25, 0.3) is 0 Å². The van der Waals surface area contributed by atoms with Crippen molar-refractivity contribution in [1.29, 1.82) is 0 Å². The molecule has 0 saturated heterocycles. The van der Waals surface area contributed by atoms with Crippen molar-refractivity contribution in [3.05, 3.63) is 29.8 Å². The molecule has 3 heteroatoms. The van der Waals surface area contributed by atoms with Crippen molar-refractivity contribution < 1.29 is 5.11 Å². The van der Waals surface area contributed by atoms with E-state index in [-0.39, 0.29) is 11.8 Å². The van der Waals surface area contributed by atoms with Crippen molar-refractivity contribution >= 4 is 0 Å². The van der Waals surface area contributed by atoms with E-state index >= 15 is 0 Å². The van der Waals surface area contributed by atoms with Crippen LogP contribution in [-0.2, 0) is 0 Å². The second-order valence-electron chi connectivity index (χ2n) is 2.45. The fraction of sp³-hybridized carbons (Fsp3) is 0.250. The maximum absolute atomic E-state index is 9.32. The Morgan fingerprint density at radius 3 is 2.64 bits per heavy atom. The number of phenols is 1. The molecule has 1 aromatic carbocycles. The van der Waals surface area contributed by atoms with Gasteiger partial charge >= 0.3 is 0 Å². The molecule has 0 aliphatic rings. The van der Waals surface area contributed by atoms with Gasteiger partial charge in [-0.3, -0.25) is 11.3 Å². The van der Waals surface area contributed by atoms with Gasteiger partial charge in [-0.25, -0.2) is 0 Å². The highest BCUT2D eigenvalue weighted by Gasteiger charge is 2.05. The van der Waals surface area contributed by atoms with Gasteiger partial charge in [0.2, 0.25) is 0 Å². The number of rotatable bonds is 2. The second kappa shape index (κ2) is 3.37. The van der Waals surface area contributed by atoms with Crippen molar-refractivity contribution in [2.45, 2.75) is 13.0 Å². The van der Waals surface area contributed by atoms with Crippen molar-refractivity contribution in [2.24, 2.45) is 5.84 Å². The summed E-state index contributed by atoms with van der Waals surface area (Å²) in [5, 5.41) is 9.32. The van der Waals surface area contributed by atoms with Gasteiger partial charge in [0.05, 0.1) is 0 Å². The Labute approximate surface area is 65.8 Å². The lowest BCUT2D eigenvalue weighted by molar-refractivity contribution is 0.454. The molecule has 0 spiro atoms. The van der Waals surface area contributed by atoms with E-state index in [1.165, 1.54) is 0 Å². The van der Waals surface area contributed by atoms with Crippen molar-refractivity contribution in [2.75, 3.05) is 0 Å². The number of phenolic OH excluding ortho intramolecular Hbond substituents is 1. The molecule has 0 amide bonds. The van der Waals surface area contributed by atoms with Gasteiger partial charge in [-0.2, -0.15) is 0 Å². The van der Waals surface area contributed by atoms with E-state index in [4.69, 9.17) is 5.84 Å². The number of para-hydroxylation sites is 1. The van der Waals surface area contributed by atoms with Crippen LogP contribution < -0.4 is 11.3 Å². The van der Waals surface area contributed by atoms with E-state index in [9.17, 15) is 5.11 Å². The molecule has 0 radical (unpaired) electrons. The highest BCUT2D eigenvalue weighted by atomic mass is 16.3. The van der Waals surface area contributed by atoms with Crippen LogP contribution in [0.4, 0.5) is 0 Å². The molecule has 0 fully saturated rings. The largest absolute Gasteiger partial charge is 0.508 e. The molecule has 0 aliphatic heterocycles. The molecule has 3 nitrogen and oxygen atoms in total. The summed E-state index contributed by atoms with van der Waals surface area (Å²) in [5.74, 6) is 5.49. The third-order valence-electron chi connectivity index (χ3n) is 1.65. The first-order valence-corrected chi connectivity index (χ1v) is 3.49. The minimum absolute atomic E-state index is 0.0174. The highest BCUT2D eigenvalue weighted by molar-refractivity contribution is 5.33. The van der Waals surface area contributed by atoms with Gasteiger partial charge in [-0.1, -0.05) is 18.2 Å². The van der Waals surface area contributed by atoms with E-state index in [0.717, 1.165) is 5.56 Å². The standard InChI is InChI=1S/C8H12N2O/c1-6(10-9)7-4-2-3-5-8(7)11/h2-6,10-11H,9H2,1H3. The lowest BCUT2D eigenvalue weighted by atomic mass is 10.1. The zero-order chi connectivity index (χ0) is 8.27. The Hall–Kier alpha value is -1.06. The van der Waals surface area contributed by atoms with Crippen LogP contribution in [-0.4, -0.2) is 5.11 Å². The van der Waals surface area contributed by atoms with Gasteiger partial charge < -0.3 is 5.11 Å². The van der Waals surface area contributed by atoms with Crippen LogP contribution in [0.15, 0.2) is 24.3 Å². The summed E-state index contributed by atoms with van der Waals surface area (Å²) in [6.07, 6.45) is 0. The maximum atomic E-state index is 9.32. The monoisotopic (exact) mass is 152 g/mol. The quantitative estimate of drug-likeness (QED) is 0.436. The molecule has 0 aromatic heterocycles. The third-order valence-corrected chi connectivity index (χ3v) is 1.65. The number of hydrogen-bond donors (Lipinski definition) is 3. The minimum atomic E-state index is -0.0174. The van der Waals surface area contributed by atoms with Gasteiger partial charge in [0.1, 0.15) is 5.75 Å². The first-order chi connectivity index (χ1) is 5.25. The number of hydrogen-bond acceptors (Lipinski definition) is 3. The number of nitrogens with two attached hydrogens (primary N) is 1. The van der Waals surface area contributed by atoms with Crippen LogP contribution >= 0.6 is 0 Å². The smallest absolute Gasteiger partial charge is 0.120 e. The predicted molar refractivity (Wildman–Crippen MR) is 43.8 cm³/mol. The average Bonchev–Trinajstić information content (AvgIpc) is 2.04. The highest BCUT2D eigenvalue weighted by Crippen LogP contribution is 2.21. The molecule has 0 saturated carbocycles. The average molecular weight is 152 g/mol. The molecule has 1 rings (SSSR count). The fourth-order valence-electron chi connectivity index (χ4n) is 0.943. The second-order valence-corrected chi connectivity index (χ2v) is 2.45. The van der Waals surface area contributed by atoms with Gasteiger partial charge in [0, 0.05) is 11.6 Å². The maximum Gasteiger partial charge on any atom is 0.120 e. The Bertz CT molecular complexity index is 237. The van der Waals surface area contributed by atoms with E-state index < -0.39 is 0 Å². The molecule has 1 aromatic rings. The lowest BCUT2D eigenvalue weighted by Gasteiger charge is -2.10. The predicted octanol–water partition coefficient (Wildman–Crippen LogP) is 0.917. The number of aromatic hydroxyl groups is 1. The van der Waals surface area contributed by atoms with Crippen LogP contribution in [0, 0.1) is 0 Å². The molecular formula is C8H12N2O. The summed E-state index contributed by atoms with van der Waals surface area (Å²) in [7, 11) is 0. The molecular weight excluding hydrogens is 140 g/mol. The lowest BCUT2D eigenvalue weighted by Crippen LogP contribution is -2.25. The molecule has 0 heterocycles. The van der Waals surface area contributed by atoms with Gasteiger partial charge in [-0.05, 0) is 13.0 Å². The SMILES string of the molecule is CC(NN)c1ccccc1O. The summed E-state index contributed by atoms with van der Waals surface area (Å²) in [6.45, 7) is 1.88. The summed E-state index contributed by atoms with van der Waals surface area (Å²) in [6, 6.07) is 7.10. The van der Waals surface area contributed by atoms with Gasteiger partial charge in [0.25, 0.3) is 0 Å². The van der Waals surface area contributed by atoms with Gasteiger partial charge in [-0.15, -0.1) is 0 Å². The fourth-order valence-corrected chi connectivity index (χ4v) is 0.943. The summed E-state index contributed by atoms with van der Waals surface area (Å²) >= 11 is 0. The normalized spacial score (nSPS) is 12.9. The summed E-state index contributed by atoms with van der Waals surface area (Å²) < 4.78 is 0. The van der Waals surface area contributed by atoms with Crippen molar-refractivity contribution in [1.82, 2.24) is 5.43 Å². The molecule has 1 atom stereocenters. The number of nitrogens with one attached hydrogen (secondary N) is 1. The van der Waals surface area contributed by atoms with Crippen LogP contribution in [0.2, 0.25) is 0 Å². The van der Waals surface area contributed by atoms with E-state index in [2.05, 4.69) is 5.43 Å². The van der Waals surface area contributed by atoms with Crippen molar-refractivity contribution in [3.63, 3.8) is 0 Å². The Morgan fingerprint density at radius 2 is 2.09 bits per heavy atom. The molecule has 0 aliphatic carbocycles. The van der Waals surface area contributed by atoms with E-state index in [1.54, 1.807) is 12.1 Å². The summed E-state index contributed by atoms with van der Waals surface area (Å²) in [4.78, 5) is 0. The first kappa shape index (κ1) is 8.04. The van der Waals surface area contributed by atoms with Crippen LogP contribution in [0.1, 0.15) is 18.5 Å². The molecule has 60 valence electrons. The number of benzene rings is 1. The Balaban J connectivity index is 2.93. The molecule has 11 heavy (non-hydrogen) atoms. The third kappa shape index (κ3) is 1.69. The molecule has 1 unspecified atom stereocenters. The van der Waals surface area contributed by atoms with E-state index in [0.29, 0.717) is 0 Å². The minimum Gasteiger partial charge on any atom is -0.508 e. The first-order valence-electron chi connectivity index (χ1n) is 3.49. The number of hydrazine groups is 1. The zero-order valence-corrected chi connectivity index (χ0v) is 6.41. The van der Waals surface area contributed by atoms with Crippen LogP contribution in [0.5, 0.6) is 5.75 Å². The van der Waals surface area contributed by atoms with Gasteiger partial charge in [0.15, 0.2) is 0 Å². The zero-order valence-electron chi connectivity index (χ0n) is 6.41. The van der Waals surface area contributed by atoms with Crippen molar-refractivity contribution in [3.8, 4) is 5.75 Å². The topological polar surface area (TPSA) is 58.3 Å². The Kier molecular flexibility index (Phi) is 2.46. The molecule has 0 bridgehead atoms. The molecule has 4 N–H and O–H groups in total. The Morgan fingerprint density at radius 1 is 1.45 bits per heavy atom.